The van der Waals surface area contributed by atoms with E-state index in [1.807, 2.05) is 24.0 Å². The Bertz CT molecular complexity index is 527. The lowest BCUT2D eigenvalue weighted by molar-refractivity contribution is -0.671. The second-order valence-electron chi connectivity index (χ2n) is 3.96. The molecule has 0 aromatic carbocycles. The number of likely N-dealkylation sites (N-methyl/N-ethyl adjacent to an activating group) is 1. The Morgan fingerprint density at radius 2 is 2.21 bits per heavy atom. The lowest BCUT2D eigenvalue weighted by Gasteiger charge is -2.16. The van der Waals surface area contributed by atoms with E-state index < -0.39 is 10.0 Å². The fourth-order valence-corrected chi connectivity index (χ4v) is 2.60. The van der Waals surface area contributed by atoms with Gasteiger partial charge in [0.1, 0.15) is 18.9 Å². The predicted molar refractivity (Wildman–Crippen MR) is 67.1 cm³/mol. The summed E-state index contributed by atoms with van der Waals surface area (Å²) in [5.41, 5.74) is 0. The van der Waals surface area contributed by atoms with Gasteiger partial charge in [-0.3, -0.25) is 0 Å². The fourth-order valence-electron chi connectivity index (χ4n) is 1.72. The van der Waals surface area contributed by atoms with Crippen molar-refractivity contribution < 1.29 is 30.6 Å². The molecule has 110 valence electrons. The molecule has 0 aliphatic carbocycles. The van der Waals surface area contributed by atoms with Gasteiger partial charge in [-0.05, 0) is 0 Å². The molecule has 0 amide bonds. The predicted octanol–water partition coefficient (Wildman–Crippen LogP) is -3.59. The van der Waals surface area contributed by atoms with Crippen LogP contribution in [0.4, 0.5) is 0 Å². The molecule has 0 spiro atoms. The molecule has 1 aromatic heterocycles. The lowest BCUT2D eigenvalue weighted by Crippen LogP contribution is -3.00. The summed E-state index contributed by atoms with van der Waals surface area (Å²) in [6.07, 6.45) is 6.14. The van der Waals surface area contributed by atoms with Gasteiger partial charge in [0.2, 0.25) is 10.0 Å². The summed E-state index contributed by atoms with van der Waals surface area (Å²) in [6.45, 7) is 3.13. The van der Waals surface area contributed by atoms with Gasteiger partial charge in [-0.1, -0.05) is 12.1 Å². The Labute approximate surface area is 119 Å². The summed E-state index contributed by atoms with van der Waals surface area (Å²) in [7, 11) is -1.35. The molecule has 0 aliphatic heterocycles. The number of sulfonamides is 1. The number of rotatable bonds is 6. The fraction of sp³-hybridized carbons (Fsp3) is 0.600. The summed E-state index contributed by atoms with van der Waals surface area (Å²) in [6, 6.07) is 0. The number of hydrogen-bond donors (Lipinski definition) is 1. The Morgan fingerprint density at radius 1 is 1.58 bits per heavy atom. The van der Waals surface area contributed by atoms with E-state index in [-0.39, 0.29) is 12.4 Å². The van der Waals surface area contributed by atoms with Crippen molar-refractivity contribution in [1.29, 1.82) is 0 Å². The van der Waals surface area contributed by atoms with Crippen LogP contribution in [0.15, 0.2) is 17.5 Å². The van der Waals surface area contributed by atoms with Gasteiger partial charge < -0.3 is 17.6 Å². The Hall–Kier alpha value is -1.12. The number of aryl methyl sites for hydroxylation is 1. The van der Waals surface area contributed by atoms with Crippen LogP contribution in [0.3, 0.4) is 0 Å². The number of aromatic nitrogens is 2. The normalized spacial score (nSPS) is 12.0. The molecule has 0 radical (unpaired) electrons. The van der Waals surface area contributed by atoms with Crippen LogP contribution in [0.2, 0.25) is 0 Å². The van der Waals surface area contributed by atoms with Crippen LogP contribution in [0.1, 0.15) is 12.7 Å². The van der Waals surface area contributed by atoms with Crippen molar-refractivity contribution in [2.24, 2.45) is 12.2 Å². The van der Waals surface area contributed by atoms with E-state index in [0.717, 1.165) is 0 Å². The number of halogens is 1. The Morgan fingerprint density at radius 3 is 2.68 bits per heavy atom. The van der Waals surface area contributed by atoms with Crippen LogP contribution in [0.25, 0.3) is 0 Å². The summed E-state index contributed by atoms with van der Waals surface area (Å²) < 4.78 is 27.9. The Kier molecular flexibility index (Phi) is 7.02. The molecule has 0 saturated heterocycles. The lowest BCUT2D eigenvalue weighted by atomic mass is 10.5. The van der Waals surface area contributed by atoms with E-state index in [4.69, 9.17) is 5.21 Å². The van der Waals surface area contributed by atoms with Crippen molar-refractivity contribution in [2.45, 2.75) is 13.5 Å². The van der Waals surface area contributed by atoms with Crippen molar-refractivity contribution >= 4 is 16.2 Å². The average molecular weight is 311 g/mol. The van der Waals surface area contributed by atoms with Crippen LogP contribution in [0, 0.1) is 0 Å². The third-order valence-corrected chi connectivity index (χ3v) is 4.09. The first-order valence-electron chi connectivity index (χ1n) is 5.57. The van der Waals surface area contributed by atoms with Gasteiger partial charge in [-0.15, -0.1) is 0 Å². The molecule has 1 N–H and O–H groups in total. The summed E-state index contributed by atoms with van der Waals surface area (Å²) >= 11 is 0. The van der Waals surface area contributed by atoms with E-state index in [1.165, 1.54) is 16.8 Å². The first-order chi connectivity index (χ1) is 8.40. The highest BCUT2D eigenvalue weighted by molar-refractivity contribution is 7.88. The molecule has 7 nitrogen and oxygen atoms in total. The van der Waals surface area contributed by atoms with Crippen molar-refractivity contribution in [3.63, 3.8) is 0 Å². The number of imidazole rings is 1. The van der Waals surface area contributed by atoms with Crippen molar-refractivity contribution in [3.8, 4) is 0 Å². The Balaban J connectivity index is 0.00000324. The highest BCUT2D eigenvalue weighted by atomic mass is 35.5. The zero-order chi connectivity index (χ0) is 13.8. The molecule has 1 heterocycles. The van der Waals surface area contributed by atoms with Gasteiger partial charge in [-0.2, -0.15) is 4.31 Å². The monoisotopic (exact) mass is 310 g/mol. The smallest absolute Gasteiger partial charge is 0.303 e. The molecule has 19 heavy (non-hydrogen) atoms. The van der Waals surface area contributed by atoms with Crippen LogP contribution in [-0.2, 0) is 23.6 Å². The van der Waals surface area contributed by atoms with E-state index in [2.05, 4.69) is 5.16 Å². The molecule has 0 unspecified atom stereocenters. The molecular weight excluding hydrogens is 292 g/mol. The van der Waals surface area contributed by atoms with Crippen molar-refractivity contribution in [2.75, 3.05) is 19.3 Å². The quantitative estimate of drug-likeness (QED) is 0.255. The number of nitrogens with zero attached hydrogens (tertiary/aromatic N) is 4. The minimum Gasteiger partial charge on any atom is -1.00 e. The second kappa shape index (κ2) is 7.46. The van der Waals surface area contributed by atoms with Gasteiger partial charge in [-0.25, -0.2) is 17.6 Å². The number of oxime groups is 1. The van der Waals surface area contributed by atoms with E-state index in [0.29, 0.717) is 25.5 Å². The van der Waals surface area contributed by atoms with E-state index in [9.17, 15) is 8.42 Å². The van der Waals surface area contributed by atoms with Crippen LogP contribution >= 0.6 is 0 Å². The zero-order valence-corrected chi connectivity index (χ0v) is 12.8. The third-order valence-electron chi connectivity index (χ3n) is 2.71. The average Bonchev–Trinajstić information content (AvgIpc) is 2.61. The van der Waals surface area contributed by atoms with Gasteiger partial charge >= 0.3 is 5.82 Å². The maximum atomic E-state index is 11.4. The highest BCUT2D eigenvalue weighted by Crippen LogP contribution is 2.00. The largest absolute Gasteiger partial charge is 1.00 e. The van der Waals surface area contributed by atoms with Crippen molar-refractivity contribution in [1.82, 2.24) is 8.87 Å². The van der Waals surface area contributed by atoms with Gasteiger partial charge in [0.15, 0.2) is 6.21 Å². The van der Waals surface area contributed by atoms with Crippen molar-refractivity contribution in [3.05, 3.63) is 18.2 Å². The van der Waals surface area contributed by atoms with Gasteiger partial charge in [0.05, 0.1) is 19.8 Å². The first-order valence-corrected chi connectivity index (χ1v) is 7.42. The molecule has 0 bridgehead atoms. The maximum Gasteiger partial charge on any atom is 0.303 e. The van der Waals surface area contributed by atoms with Crippen LogP contribution in [-0.4, -0.2) is 48.1 Å². The first kappa shape index (κ1) is 17.9. The molecule has 0 fully saturated rings. The molecule has 1 rings (SSSR count). The van der Waals surface area contributed by atoms with Gasteiger partial charge in [0, 0.05) is 6.54 Å². The highest BCUT2D eigenvalue weighted by Gasteiger charge is 2.18. The topological polar surface area (TPSA) is 78.8 Å². The second-order valence-corrected chi connectivity index (χ2v) is 5.94. The van der Waals surface area contributed by atoms with Crippen LogP contribution < -0.4 is 17.0 Å². The molecule has 0 saturated carbocycles. The molecular formula is C10H19ClN4O3S. The minimum atomic E-state index is -3.17. The molecule has 1 aromatic rings. The van der Waals surface area contributed by atoms with Gasteiger partial charge in [0.25, 0.3) is 0 Å². The molecule has 0 aliphatic rings. The maximum absolute atomic E-state index is 11.4. The SMILES string of the molecule is CCN(CCn1cc[n+](C)c1/C=N/O)S(C)(=O)=O.[Cl-]. The summed E-state index contributed by atoms with van der Waals surface area (Å²) in [4.78, 5) is 0. The number of hydrogen-bond acceptors (Lipinski definition) is 4. The molecule has 0 atom stereocenters. The van der Waals surface area contributed by atoms with Crippen LogP contribution in [0.5, 0.6) is 0 Å². The standard InChI is InChI=1S/C10H18N4O3S.ClH/c1-4-14(18(3,16)17)8-7-13-6-5-12(2)10(13)9-11-15;/h5-6,9H,4,7-8H2,1-3H3;1H. The molecule has 9 heteroatoms. The summed E-state index contributed by atoms with van der Waals surface area (Å²) in [5.74, 6) is 0.696. The van der Waals surface area contributed by atoms with E-state index >= 15 is 0 Å². The minimum absolute atomic E-state index is 0. The zero-order valence-electron chi connectivity index (χ0n) is 11.2. The van der Waals surface area contributed by atoms with E-state index in [1.54, 1.807) is 11.5 Å². The summed E-state index contributed by atoms with van der Waals surface area (Å²) in [5, 5.41) is 11.6. The third kappa shape index (κ3) is 4.81.